The normalized spacial score (nSPS) is 20.7. The van der Waals surface area contributed by atoms with Gasteiger partial charge in [0, 0.05) is 38.8 Å². The fraction of sp³-hybridized carbons (Fsp3) is 0.524. The number of piperazine rings is 1. The number of hydrogen-bond acceptors (Lipinski definition) is 7. The van der Waals surface area contributed by atoms with E-state index in [2.05, 4.69) is 26.8 Å². The van der Waals surface area contributed by atoms with Gasteiger partial charge in [-0.2, -0.15) is 4.31 Å². The van der Waals surface area contributed by atoms with Crippen LogP contribution in [0, 0.1) is 0 Å². The van der Waals surface area contributed by atoms with Gasteiger partial charge in [-0.15, -0.1) is 23.4 Å². The maximum atomic E-state index is 12.9. The average molecular weight is 486 g/mol. The third-order valence-corrected chi connectivity index (χ3v) is 7.90. The molecule has 0 saturated carbocycles. The summed E-state index contributed by atoms with van der Waals surface area (Å²) in [4.78, 5) is 4.16. The van der Waals surface area contributed by atoms with Crippen molar-refractivity contribution < 1.29 is 26.3 Å². The largest absolute Gasteiger partial charge is 0.573 e. The number of rotatable bonds is 5. The van der Waals surface area contributed by atoms with Crippen LogP contribution in [0.3, 0.4) is 0 Å². The standard InChI is InChI=1S/C21H26F3N5O3S/c1-16-4-2-3-11-29(16)20-10-9-19(25-26-20)27-12-14-28(15-13-27)33(30,31)18-7-5-17(6-8-18)32-21(22,23)24/h5-10,16H,2-4,11-15H2,1H3. The van der Waals surface area contributed by atoms with Crippen LogP contribution >= 0.6 is 0 Å². The second kappa shape index (κ2) is 9.34. The monoisotopic (exact) mass is 485 g/mol. The molecule has 0 N–H and O–H groups in total. The number of ether oxygens (including phenoxy) is 1. The van der Waals surface area contributed by atoms with Gasteiger partial charge in [0.1, 0.15) is 5.75 Å². The van der Waals surface area contributed by atoms with Crippen molar-refractivity contribution >= 4 is 21.7 Å². The highest BCUT2D eigenvalue weighted by molar-refractivity contribution is 7.89. The van der Waals surface area contributed by atoms with E-state index in [1.54, 1.807) is 0 Å². The highest BCUT2D eigenvalue weighted by Gasteiger charge is 2.32. The smallest absolute Gasteiger partial charge is 0.406 e. The van der Waals surface area contributed by atoms with E-state index in [9.17, 15) is 21.6 Å². The van der Waals surface area contributed by atoms with Gasteiger partial charge in [-0.25, -0.2) is 8.42 Å². The molecule has 1 aromatic carbocycles. The molecule has 180 valence electrons. The highest BCUT2D eigenvalue weighted by atomic mass is 32.2. The minimum atomic E-state index is -4.83. The van der Waals surface area contributed by atoms with Gasteiger partial charge in [-0.1, -0.05) is 0 Å². The van der Waals surface area contributed by atoms with E-state index in [4.69, 9.17) is 0 Å². The molecule has 1 unspecified atom stereocenters. The van der Waals surface area contributed by atoms with Crippen LogP contribution in [-0.4, -0.2) is 68.0 Å². The van der Waals surface area contributed by atoms with Gasteiger partial charge >= 0.3 is 6.36 Å². The van der Waals surface area contributed by atoms with Gasteiger partial charge in [-0.05, 0) is 62.6 Å². The van der Waals surface area contributed by atoms with Crippen LogP contribution in [0.5, 0.6) is 5.75 Å². The third kappa shape index (κ3) is 5.49. The molecule has 12 heteroatoms. The molecule has 1 atom stereocenters. The maximum Gasteiger partial charge on any atom is 0.573 e. The first-order valence-electron chi connectivity index (χ1n) is 10.8. The predicted octanol–water partition coefficient (Wildman–Crippen LogP) is 3.26. The first kappa shape index (κ1) is 23.6. The summed E-state index contributed by atoms with van der Waals surface area (Å²) in [6.45, 7) is 4.48. The zero-order valence-corrected chi connectivity index (χ0v) is 19.0. The van der Waals surface area contributed by atoms with E-state index in [0.29, 0.717) is 24.9 Å². The molecule has 0 spiro atoms. The van der Waals surface area contributed by atoms with E-state index in [-0.39, 0.29) is 18.0 Å². The van der Waals surface area contributed by atoms with E-state index < -0.39 is 22.1 Å². The lowest BCUT2D eigenvalue weighted by Crippen LogP contribution is -2.49. The molecule has 33 heavy (non-hydrogen) atoms. The Morgan fingerprint density at radius 3 is 2.12 bits per heavy atom. The highest BCUT2D eigenvalue weighted by Crippen LogP contribution is 2.27. The summed E-state index contributed by atoms with van der Waals surface area (Å²) in [5, 5.41) is 8.74. The molecule has 2 aromatic rings. The van der Waals surface area contributed by atoms with E-state index in [1.807, 2.05) is 17.0 Å². The van der Waals surface area contributed by atoms with Crippen LogP contribution in [0.25, 0.3) is 0 Å². The number of alkyl halides is 3. The summed E-state index contributed by atoms with van der Waals surface area (Å²) in [7, 11) is -3.83. The van der Waals surface area contributed by atoms with Crippen molar-refractivity contribution in [2.75, 3.05) is 42.5 Å². The molecule has 4 rings (SSSR count). The number of aromatic nitrogens is 2. The second-order valence-electron chi connectivity index (χ2n) is 8.20. The Hall–Kier alpha value is -2.60. The lowest BCUT2D eigenvalue weighted by Gasteiger charge is -2.35. The molecule has 0 bridgehead atoms. The second-order valence-corrected chi connectivity index (χ2v) is 10.1. The lowest BCUT2D eigenvalue weighted by atomic mass is 10.0. The van der Waals surface area contributed by atoms with Crippen LogP contribution in [0.15, 0.2) is 41.3 Å². The van der Waals surface area contributed by atoms with Crippen LogP contribution in [0.2, 0.25) is 0 Å². The van der Waals surface area contributed by atoms with Crippen molar-refractivity contribution in [3.05, 3.63) is 36.4 Å². The molecule has 2 saturated heterocycles. The summed E-state index contributed by atoms with van der Waals surface area (Å²) in [5.41, 5.74) is 0. The summed E-state index contributed by atoms with van der Waals surface area (Å²) in [6, 6.07) is 8.53. The Kier molecular flexibility index (Phi) is 6.66. The number of anilines is 2. The van der Waals surface area contributed by atoms with Gasteiger partial charge in [0.2, 0.25) is 10.0 Å². The molecule has 3 heterocycles. The number of hydrogen-bond donors (Lipinski definition) is 0. The number of sulfonamides is 1. The van der Waals surface area contributed by atoms with Gasteiger partial charge < -0.3 is 14.5 Å². The number of piperidine rings is 1. The zero-order valence-electron chi connectivity index (χ0n) is 18.2. The van der Waals surface area contributed by atoms with Crippen LogP contribution in [0.4, 0.5) is 24.8 Å². The molecular formula is C21H26F3N5O3S. The van der Waals surface area contributed by atoms with Crippen molar-refractivity contribution in [2.24, 2.45) is 0 Å². The zero-order chi connectivity index (χ0) is 23.6. The number of nitrogens with zero attached hydrogens (tertiary/aromatic N) is 5. The molecule has 2 aliphatic heterocycles. The summed E-state index contributed by atoms with van der Waals surface area (Å²) >= 11 is 0. The van der Waals surface area contributed by atoms with Gasteiger partial charge in [0.05, 0.1) is 4.90 Å². The van der Waals surface area contributed by atoms with Crippen LogP contribution < -0.4 is 14.5 Å². The predicted molar refractivity (Wildman–Crippen MR) is 117 cm³/mol. The fourth-order valence-electron chi connectivity index (χ4n) is 4.20. The molecule has 2 fully saturated rings. The Balaban J connectivity index is 1.37. The van der Waals surface area contributed by atoms with E-state index >= 15 is 0 Å². The third-order valence-electron chi connectivity index (χ3n) is 5.99. The molecule has 0 amide bonds. The summed E-state index contributed by atoms with van der Waals surface area (Å²) < 4.78 is 67.8. The molecule has 0 aliphatic carbocycles. The van der Waals surface area contributed by atoms with Gasteiger partial charge in [0.25, 0.3) is 0 Å². The lowest BCUT2D eigenvalue weighted by molar-refractivity contribution is -0.274. The average Bonchev–Trinajstić information content (AvgIpc) is 2.79. The molecule has 8 nitrogen and oxygen atoms in total. The fourth-order valence-corrected chi connectivity index (χ4v) is 5.62. The van der Waals surface area contributed by atoms with Crippen molar-refractivity contribution in [3.63, 3.8) is 0 Å². The van der Waals surface area contributed by atoms with E-state index in [1.165, 1.54) is 10.7 Å². The minimum absolute atomic E-state index is 0.0785. The van der Waals surface area contributed by atoms with Crippen LogP contribution in [-0.2, 0) is 10.0 Å². The first-order valence-corrected chi connectivity index (χ1v) is 12.3. The topological polar surface area (TPSA) is 78.9 Å². The SMILES string of the molecule is CC1CCCCN1c1ccc(N2CCN(S(=O)(=O)c3ccc(OC(F)(F)F)cc3)CC2)nn1. The minimum Gasteiger partial charge on any atom is -0.406 e. The van der Waals surface area contributed by atoms with Crippen molar-refractivity contribution in [3.8, 4) is 5.75 Å². The molecule has 0 radical (unpaired) electrons. The Morgan fingerprint density at radius 1 is 0.909 bits per heavy atom. The number of benzene rings is 1. The van der Waals surface area contributed by atoms with E-state index in [0.717, 1.165) is 49.5 Å². The van der Waals surface area contributed by atoms with Gasteiger partial charge in [-0.3, -0.25) is 0 Å². The Labute approximate surface area is 191 Å². The molecular weight excluding hydrogens is 459 g/mol. The molecule has 2 aliphatic rings. The maximum absolute atomic E-state index is 12.9. The van der Waals surface area contributed by atoms with Crippen molar-refractivity contribution in [1.29, 1.82) is 0 Å². The van der Waals surface area contributed by atoms with Crippen LogP contribution in [0.1, 0.15) is 26.2 Å². The summed E-state index contributed by atoms with van der Waals surface area (Å²) in [5.74, 6) is 1.08. The van der Waals surface area contributed by atoms with Gasteiger partial charge in [0.15, 0.2) is 11.6 Å². The number of halogens is 3. The summed E-state index contributed by atoms with van der Waals surface area (Å²) in [6.07, 6.45) is -1.33. The van der Waals surface area contributed by atoms with Crippen molar-refractivity contribution in [1.82, 2.24) is 14.5 Å². The van der Waals surface area contributed by atoms with Crippen molar-refractivity contribution in [2.45, 2.75) is 43.5 Å². The quantitative estimate of drug-likeness (QED) is 0.643. The first-order chi connectivity index (χ1) is 15.6. The molecule has 1 aromatic heterocycles. The Bertz CT molecular complexity index is 1040. The Morgan fingerprint density at radius 2 is 1.55 bits per heavy atom.